The summed E-state index contributed by atoms with van der Waals surface area (Å²) in [5.41, 5.74) is 0. The summed E-state index contributed by atoms with van der Waals surface area (Å²) in [4.78, 5) is 0. The number of aliphatic hydroxyl groups is 1. The second-order valence-corrected chi connectivity index (χ2v) is 4.44. The van der Waals surface area contributed by atoms with Gasteiger partial charge in [0.05, 0.1) is 6.10 Å². The van der Waals surface area contributed by atoms with E-state index in [1.165, 1.54) is 0 Å². The van der Waals surface area contributed by atoms with Crippen LogP contribution >= 0.6 is 0 Å². The molecule has 0 fully saturated rings. The van der Waals surface area contributed by atoms with Gasteiger partial charge in [0, 0.05) is 0 Å². The molecule has 2 N–H and O–H groups in total. The molecule has 0 amide bonds. The van der Waals surface area contributed by atoms with Crippen LogP contribution in [-0.4, -0.2) is 22.9 Å². The van der Waals surface area contributed by atoms with Crippen LogP contribution in [0.3, 0.4) is 0 Å². The van der Waals surface area contributed by atoms with Crippen LogP contribution in [0.25, 0.3) is 0 Å². The van der Waals surface area contributed by atoms with Gasteiger partial charge in [0.25, 0.3) is 0 Å². The highest BCUT2D eigenvalue weighted by Gasteiger charge is 2.03. The Hall–Kier alpha value is -2.20. The summed E-state index contributed by atoms with van der Waals surface area (Å²) >= 11 is 0. The maximum atomic E-state index is 9.42. The highest BCUT2D eigenvalue weighted by Crippen LogP contribution is 2.25. The molecule has 2 aromatic rings. The lowest BCUT2D eigenvalue weighted by Crippen LogP contribution is -2.15. The molecule has 0 aliphatic carbocycles. The number of aliphatic hydroxyl groups excluding tert-OH is 1. The van der Waals surface area contributed by atoms with Gasteiger partial charge in [-0.25, -0.2) is 0 Å². The van der Waals surface area contributed by atoms with Crippen LogP contribution in [-0.2, 0) is 0 Å². The molecule has 1 atom stereocenters. The first-order valence-electron chi connectivity index (χ1n) is 6.55. The molecule has 4 heteroatoms. The molecule has 2 rings (SSSR count). The molecule has 0 aromatic heterocycles. The summed E-state index contributed by atoms with van der Waals surface area (Å²) in [6.07, 6.45) is 0.227. The molecule has 0 spiro atoms. The van der Waals surface area contributed by atoms with Crippen LogP contribution in [0.15, 0.2) is 48.5 Å². The molecule has 20 heavy (non-hydrogen) atoms. The maximum Gasteiger partial charge on any atom is 0.127 e. The predicted molar refractivity (Wildman–Crippen MR) is 76.4 cm³/mol. The number of phenolic OH excluding ortho intramolecular Hbond substituents is 1. The van der Waals surface area contributed by atoms with E-state index in [1.807, 2.05) is 6.92 Å². The molecule has 0 heterocycles. The minimum absolute atomic E-state index is 0.204. The monoisotopic (exact) mass is 274 g/mol. The van der Waals surface area contributed by atoms with Crippen molar-refractivity contribution in [2.24, 2.45) is 0 Å². The fourth-order valence-corrected chi connectivity index (χ4v) is 1.56. The van der Waals surface area contributed by atoms with E-state index in [9.17, 15) is 10.2 Å². The fraction of sp³-hybridized carbons (Fsp3) is 0.250. The zero-order valence-electron chi connectivity index (χ0n) is 11.3. The van der Waals surface area contributed by atoms with E-state index in [1.54, 1.807) is 48.5 Å². The first-order chi connectivity index (χ1) is 9.67. The summed E-state index contributed by atoms with van der Waals surface area (Å²) in [7, 11) is 0. The molecule has 0 aliphatic rings. The third-order valence-electron chi connectivity index (χ3n) is 2.81. The van der Waals surface area contributed by atoms with Crippen molar-refractivity contribution in [1.82, 2.24) is 0 Å². The van der Waals surface area contributed by atoms with Crippen molar-refractivity contribution in [3.63, 3.8) is 0 Å². The number of rotatable bonds is 6. The third-order valence-corrected chi connectivity index (χ3v) is 2.81. The molecule has 0 saturated heterocycles. The Balaban J connectivity index is 1.92. The Morgan fingerprint density at radius 3 is 1.95 bits per heavy atom. The van der Waals surface area contributed by atoms with Crippen molar-refractivity contribution < 1.29 is 19.7 Å². The molecule has 106 valence electrons. The van der Waals surface area contributed by atoms with Crippen molar-refractivity contribution in [2.75, 3.05) is 6.61 Å². The topological polar surface area (TPSA) is 58.9 Å². The zero-order chi connectivity index (χ0) is 14.4. The standard InChI is InChI=1S/C16H18O4/c1-2-12(17)11-19-14-7-9-16(10-8-14)20-15-5-3-13(18)4-6-15/h3-10,12,17-18H,2,11H2,1H3. The van der Waals surface area contributed by atoms with Gasteiger partial charge >= 0.3 is 0 Å². The van der Waals surface area contributed by atoms with E-state index in [4.69, 9.17) is 9.47 Å². The Labute approximate surface area is 118 Å². The first-order valence-corrected chi connectivity index (χ1v) is 6.55. The number of phenols is 1. The average Bonchev–Trinajstić information content (AvgIpc) is 2.48. The molecule has 0 bridgehead atoms. The number of ether oxygens (including phenoxy) is 2. The Morgan fingerprint density at radius 1 is 0.900 bits per heavy atom. The smallest absolute Gasteiger partial charge is 0.127 e. The quantitative estimate of drug-likeness (QED) is 0.848. The van der Waals surface area contributed by atoms with Gasteiger partial charge in [-0.05, 0) is 55.0 Å². The molecule has 1 unspecified atom stereocenters. The van der Waals surface area contributed by atoms with Gasteiger partial charge in [0.1, 0.15) is 29.6 Å². The van der Waals surface area contributed by atoms with Gasteiger partial charge in [-0.2, -0.15) is 0 Å². The van der Waals surface area contributed by atoms with E-state index in [0.717, 1.165) is 0 Å². The van der Waals surface area contributed by atoms with Crippen molar-refractivity contribution >= 4 is 0 Å². The van der Waals surface area contributed by atoms with Crippen LogP contribution < -0.4 is 9.47 Å². The summed E-state index contributed by atoms with van der Waals surface area (Å²) in [5.74, 6) is 2.23. The normalized spacial score (nSPS) is 11.9. The average molecular weight is 274 g/mol. The summed E-state index contributed by atoms with van der Waals surface area (Å²) in [6, 6.07) is 13.7. The summed E-state index contributed by atoms with van der Waals surface area (Å²) in [5, 5.41) is 18.6. The molecular weight excluding hydrogens is 256 g/mol. The van der Waals surface area contributed by atoms with Crippen molar-refractivity contribution in [3.8, 4) is 23.0 Å². The van der Waals surface area contributed by atoms with Crippen LogP contribution in [0, 0.1) is 0 Å². The first kappa shape index (κ1) is 14.2. The van der Waals surface area contributed by atoms with E-state index in [2.05, 4.69) is 0 Å². The number of benzene rings is 2. The second-order valence-electron chi connectivity index (χ2n) is 4.44. The lowest BCUT2D eigenvalue weighted by atomic mass is 10.3. The highest BCUT2D eigenvalue weighted by molar-refractivity contribution is 5.37. The lowest BCUT2D eigenvalue weighted by Gasteiger charge is -2.11. The minimum Gasteiger partial charge on any atom is -0.508 e. The van der Waals surface area contributed by atoms with Gasteiger partial charge in [-0.15, -0.1) is 0 Å². The van der Waals surface area contributed by atoms with E-state index >= 15 is 0 Å². The predicted octanol–water partition coefficient (Wildman–Crippen LogP) is 3.33. The molecule has 0 saturated carbocycles. The zero-order valence-corrected chi connectivity index (χ0v) is 11.3. The minimum atomic E-state index is -0.442. The molecule has 0 radical (unpaired) electrons. The number of hydrogen-bond donors (Lipinski definition) is 2. The van der Waals surface area contributed by atoms with E-state index < -0.39 is 6.10 Å². The Kier molecular flexibility index (Phi) is 4.85. The third kappa shape index (κ3) is 4.17. The lowest BCUT2D eigenvalue weighted by molar-refractivity contribution is 0.104. The molecule has 4 nitrogen and oxygen atoms in total. The van der Waals surface area contributed by atoms with Gasteiger partial charge in [0.2, 0.25) is 0 Å². The van der Waals surface area contributed by atoms with Gasteiger partial charge in [0.15, 0.2) is 0 Å². The number of aromatic hydroxyl groups is 1. The van der Waals surface area contributed by atoms with Gasteiger partial charge in [-0.3, -0.25) is 0 Å². The largest absolute Gasteiger partial charge is 0.508 e. The Morgan fingerprint density at radius 2 is 1.40 bits per heavy atom. The van der Waals surface area contributed by atoms with Crippen LogP contribution in [0.2, 0.25) is 0 Å². The molecular formula is C16H18O4. The van der Waals surface area contributed by atoms with Gasteiger partial charge < -0.3 is 19.7 Å². The van der Waals surface area contributed by atoms with Crippen LogP contribution in [0.1, 0.15) is 13.3 Å². The highest BCUT2D eigenvalue weighted by atomic mass is 16.5. The van der Waals surface area contributed by atoms with Crippen LogP contribution in [0.4, 0.5) is 0 Å². The SMILES string of the molecule is CCC(O)COc1ccc(Oc2ccc(O)cc2)cc1. The molecule has 2 aromatic carbocycles. The van der Waals surface area contributed by atoms with E-state index in [0.29, 0.717) is 23.7 Å². The molecule has 0 aliphatic heterocycles. The fourth-order valence-electron chi connectivity index (χ4n) is 1.56. The van der Waals surface area contributed by atoms with Crippen molar-refractivity contribution in [3.05, 3.63) is 48.5 Å². The van der Waals surface area contributed by atoms with Crippen molar-refractivity contribution in [2.45, 2.75) is 19.4 Å². The number of hydrogen-bond acceptors (Lipinski definition) is 4. The second kappa shape index (κ2) is 6.82. The maximum absolute atomic E-state index is 9.42. The summed E-state index contributed by atoms with van der Waals surface area (Å²) < 4.78 is 11.1. The van der Waals surface area contributed by atoms with E-state index in [-0.39, 0.29) is 12.4 Å². The van der Waals surface area contributed by atoms with Crippen molar-refractivity contribution in [1.29, 1.82) is 0 Å². The van der Waals surface area contributed by atoms with Crippen LogP contribution in [0.5, 0.6) is 23.0 Å². The summed E-state index contributed by atoms with van der Waals surface area (Å²) in [6.45, 7) is 2.19. The Bertz CT molecular complexity index is 519. The van der Waals surface area contributed by atoms with Gasteiger partial charge in [-0.1, -0.05) is 6.92 Å².